The molecule has 0 saturated heterocycles. The van der Waals surface area contributed by atoms with E-state index in [0.29, 0.717) is 6.42 Å². The number of benzene rings is 1. The zero-order valence-corrected chi connectivity index (χ0v) is 8.59. The lowest BCUT2D eigenvalue weighted by molar-refractivity contribution is 0.0641. The van der Waals surface area contributed by atoms with Gasteiger partial charge in [-0.2, -0.15) is 0 Å². The monoisotopic (exact) mass is 206 g/mol. The van der Waals surface area contributed by atoms with Crippen LogP contribution in [0.4, 0.5) is 0 Å². The molecule has 1 aromatic carbocycles. The fourth-order valence-electron chi connectivity index (χ4n) is 1.62. The van der Waals surface area contributed by atoms with Crippen molar-refractivity contribution < 1.29 is 14.6 Å². The summed E-state index contributed by atoms with van der Waals surface area (Å²) < 4.78 is 10.5. The zero-order valence-electron chi connectivity index (χ0n) is 8.59. The average Bonchev–Trinajstić information content (AvgIpc) is 2.29. The molecule has 0 spiro atoms. The smallest absolute Gasteiger partial charge is 0.126 e. The van der Waals surface area contributed by atoms with Crippen molar-refractivity contribution in [3.63, 3.8) is 0 Å². The number of methoxy groups -OCH3 is 1. The summed E-state index contributed by atoms with van der Waals surface area (Å²) in [6, 6.07) is 7.69. The maximum Gasteiger partial charge on any atom is 0.126 e. The molecule has 2 atom stereocenters. The highest BCUT2D eigenvalue weighted by Gasteiger charge is 2.18. The number of aliphatic hydroxyl groups excluding tert-OH is 1. The van der Waals surface area contributed by atoms with Crippen LogP contribution in [-0.4, -0.2) is 18.3 Å². The third-order valence-electron chi connectivity index (χ3n) is 2.49. The van der Waals surface area contributed by atoms with Gasteiger partial charge in [-0.05, 0) is 23.8 Å². The minimum atomic E-state index is -0.411. The second-order valence-corrected chi connectivity index (χ2v) is 3.53. The van der Waals surface area contributed by atoms with E-state index in [4.69, 9.17) is 9.47 Å². The van der Waals surface area contributed by atoms with Gasteiger partial charge in [-0.1, -0.05) is 12.1 Å². The minimum Gasteiger partial charge on any atom is -0.497 e. The minimum absolute atomic E-state index is 0.0593. The van der Waals surface area contributed by atoms with Crippen molar-refractivity contribution in [2.75, 3.05) is 7.11 Å². The lowest BCUT2D eigenvalue weighted by Gasteiger charge is -2.22. The van der Waals surface area contributed by atoms with Gasteiger partial charge >= 0.3 is 0 Å². The van der Waals surface area contributed by atoms with Gasteiger partial charge in [-0.25, -0.2) is 0 Å². The Bertz CT molecular complexity index is 342. The first-order valence-corrected chi connectivity index (χ1v) is 4.94. The van der Waals surface area contributed by atoms with Gasteiger partial charge in [0.2, 0.25) is 0 Å². The molecule has 0 amide bonds. The van der Waals surface area contributed by atoms with Crippen LogP contribution in [0.5, 0.6) is 5.75 Å². The molecule has 1 heterocycles. The Balaban J connectivity index is 2.12. The van der Waals surface area contributed by atoms with Gasteiger partial charge in [0.05, 0.1) is 19.5 Å². The van der Waals surface area contributed by atoms with Crippen LogP contribution >= 0.6 is 0 Å². The second kappa shape index (κ2) is 4.36. The molecule has 0 radical (unpaired) electrons. The molecule has 3 heteroatoms. The van der Waals surface area contributed by atoms with Crippen molar-refractivity contribution in [2.45, 2.75) is 18.6 Å². The van der Waals surface area contributed by atoms with E-state index in [9.17, 15) is 5.11 Å². The molecule has 0 saturated carbocycles. The summed E-state index contributed by atoms with van der Waals surface area (Å²) in [6.45, 7) is 0. The van der Waals surface area contributed by atoms with Crippen LogP contribution in [0.1, 0.15) is 18.1 Å². The average molecular weight is 206 g/mol. The van der Waals surface area contributed by atoms with Crippen LogP contribution in [0, 0.1) is 0 Å². The summed E-state index contributed by atoms with van der Waals surface area (Å²) in [5.74, 6) is 0.825. The van der Waals surface area contributed by atoms with Crippen LogP contribution in [0.3, 0.4) is 0 Å². The molecule has 2 rings (SSSR count). The van der Waals surface area contributed by atoms with Crippen molar-refractivity contribution >= 4 is 0 Å². The fourth-order valence-corrected chi connectivity index (χ4v) is 1.62. The Morgan fingerprint density at radius 2 is 2.07 bits per heavy atom. The molecule has 0 bridgehead atoms. The van der Waals surface area contributed by atoms with Crippen molar-refractivity contribution in [3.05, 3.63) is 42.2 Å². The molecular formula is C12H14O3. The highest BCUT2D eigenvalue weighted by Crippen LogP contribution is 2.27. The molecule has 1 aromatic rings. The van der Waals surface area contributed by atoms with Gasteiger partial charge in [0.25, 0.3) is 0 Å². The highest BCUT2D eigenvalue weighted by atomic mass is 16.5. The number of rotatable bonds is 2. The van der Waals surface area contributed by atoms with Crippen molar-refractivity contribution in [3.8, 4) is 5.75 Å². The van der Waals surface area contributed by atoms with E-state index < -0.39 is 6.10 Å². The molecular weight excluding hydrogens is 192 g/mol. The molecule has 1 N–H and O–H groups in total. The Kier molecular flexibility index (Phi) is 2.92. The van der Waals surface area contributed by atoms with Gasteiger partial charge in [0, 0.05) is 6.42 Å². The van der Waals surface area contributed by atoms with Crippen molar-refractivity contribution in [1.29, 1.82) is 0 Å². The molecule has 1 aliphatic heterocycles. The van der Waals surface area contributed by atoms with Crippen molar-refractivity contribution in [2.24, 2.45) is 0 Å². The van der Waals surface area contributed by atoms with E-state index in [0.717, 1.165) is 11.3 Å². The normalized spacial score (nSPS) is 24.7. The summed E-state index contributed by atoms with van der Waals surface area (Å²) in [4.78, 5) is 0. The van der Waals surface area contributed by atoms with Crippen LogP contribution in [0.25, 0.3) is 0 Å². The summed E-state index contributed by atoms with van der Waals surface area (Å²) in [7, 11) is 1.64. The standard InChI is InChI=1S/C12H14O3/c1-14-11-4-2-9(3-5-11)12-8-10(13)6-7-15-12/h2-7,10,12-13H,8H2,1H3/t10?,12-/m0/s1. The number of aliphatic hydroxyl groups is 1. The Morgan fingerprint density at radius 1 is 1.33 bits per heavy atom. The maximum absolute atomic E-state index is 9.45. The van der Waals surface area contributed by atoms with E-state index in [1.807, 2.05) is 24.3 Å². The number of hydrogen-bond donors (Lipinski definition) is 1. The molecule has 1 aliphatic rings. The van der Waals surface area contributed by atoms with Gasteiger partial charge in [-0.15, -0.1) is 0 Å². The van der Waals surface area contributed by atoms with Gasteiger partial charge in [0.15, 0.2) is 0 Å². The Hall–Kier alpha value is -1.48. The van der Waals surface area contributed by atoms with E-state index in [1.165, 1.54) is 0 Å². The largest absolute Gasteiger partial charge is 0.497 e. The first-order chi connectivity index (χ1) is 7.29. The van der Waals surface area contributed by atoms with E-state index in [1.54, 1.807) is 19.4 Å². The maximum atomic E-state index is 9.45. The first-order valence-electron chi connectivity index (χ1n) is 4.94. The summed E-state index contributed by atoms with van der Waals surface area (Å²) in [6.07, 6.45) is 3.34. The zero-order chi connectivity index (χ0) is 10.7. The molecule has 0 aliphatic carbocycles. The molecule has 3 nitrogen and oxygen atoms in total. The van der Waals surface area contributed by atoms with E-state index in [-0.39, 0.29) is 6.10 Å². The summed E-state index contributed by atoms with van der Waals surface area (Å²) in [5, 5.41) is 9.45. The molecule has 15 heavy (non-hydrogen) atoms. The predicted molar refractivity (Wildman–Crippen MR) is 56.6 cm³/mol. The highest BCUT2D eigenvalue weighted by molar-refractivity contribution is 5.29. The first kappa shape index (κ1) is 10.1. The SMILES string of the molecule is COc1ccc([C@@H]2CC(O)C=CO2)cc1. The van der Waals surface area contributed by atoms with Gasteiger partial charge in [-0.3, -0.25) is 0 Å². The van der Waals surface area contributed by atoms with E-state index in [2.05, 4.69) is 0 Å². The number of hydrogen-bond acceptors (Lipinski definition) is 3. The van der Waals surface area contributed by atoms with Gasteiger partial charge < -0.3 is 14.6 Å². The molecule has 80 valence electrons. The van der Waals surface area contributed by atoms with E-state index >= 15 is 0 Å². The van der Waals surface area contributed by atoms with Crippen LogP contribution in [0.2, 0.25) is 0 Å². The molecule has 0 fully saturated rings. The predicted octanol–water partition coefficient (Wildman–Crippen LogP) is 2.03. The van der Waals surface area contributed by atoms with Crippen LogP contribution in [0.15, 0.2) is 36.6 Å². The molecule has 0 aromatic heterocycles. The Labute approximate surface area is 88.9 Å². The third kappa shape index (κ3) is 2.30. The quantitative estimate of drug-likeness (QED) is 0.804. The summed E-state index contributed by atoms with van der Waals surface area (Å²) in [5.41, 5.74) is 1.05. The number of ether oxygens (including phenoxy) is 2. The Morgan fingerprint density at radius 3 is 2.67 bits per heavy atom. The fraction of sp³-hybridized carbons (Fsp3) is 0.333. The second-order valence-electron chi connectivity index (χ2n) is 3.53. The molecule has 1 unspecified atom stereocenters. The third-order valence-corrected chi connectivity index (χ3v) is 2.49. The van der Waals surface area contributed by atoms with Gasteiger partial charge in [0.1, 0.15) is 11.9 Å². The topological polar surface area (TPSA) is 38.7 Å². The lowest BCUT2D eigenvalue weighted by Crippen LogP contribution is -2.15. The lowest BCUT2D eigenvalue weighted by atomic mass is 10.0. The van der Waals surface area contributed by atoms with Crippen LogP contribution in [-0.2, 0) is 4.74 Å². The summed E-state index contributed by atoms with van der Waals surface area (Å²) >= 11 is 0. The van der Waals surface area contributed by atoms with Crippen molar-refractivity contribution in [1.82, 2.24) is 0 Å². The van der Waals surface area contributed by atoms with Crippen LogP contribution < -0.4 is 4.74 Å².